The molecular weight excluding hydrogens is 349 g/mol. The van der Waals surface area contributed by atoms with E-state index >= 15 is 0 Å². The Balaban J connectivity index is 2.35. The predicted octanol–water partition coefficient (Wildman–Crippen LogP) is 4.51. The van der Waals surface area contributed by atoms with Crippen LogP contribution in [0, 0.1) is 0 Å². The van der Waals surface area contributed by atoms with E-state index in [-0.39, 0.29) is 22.3 Å². The van der Waals surface area contributed by atoms with Crippen LogP contribution < -0.4 is 4.74 Å². The Morgan fingerprint density at radius 1 is 1.21 bits per heavy atom. The molecule has 0 saturated carbocycles. The molecule has 5 nitrogen and oxygen atoms in total. The van der Waals surface area contributed by atoms with Gasteiger partial charge in [-0.15, -0.1) is 10.2 Å². The van der Waals surface area contributed by atoms with Crippen LogP contribution in [-0.2, 0) is 10.9 Å². The highest BCUT2D eigenvalue weighted by atomic mass is 35.5. The molecule has 1 heterocycles. The first kappa shape index (κ1) is 18.0. The maximum Gasteiger partial charge on any atom is 0.416 e. The van der Waals surface area contributed by atoms with Gasteiger partial charge in [-0.05, 0) is 38.1 Å². The lowest BCUT2D eigenvalue weighted by Gasteiger charge is -2.12. The van der Waals surface area contributed by atoms with E-state index < -0.39 is 23.8 Å². The molecule has 0 amide bonds. The van der Waals surface area contributed by atoms with Crippen LogP contribution in [0.3, 0.4) is 0 Å². The fourth-order valence-corrected chi connectivity index (χ4v) is 1.85. The second kappa shape index (κ2) is 7.04. The van der Waals surface area contributed by atoms with Gasteiger partial charge in [0, 0.05) is 0 Å². The van der Waals surface area contributed by atoms with Gasteiger partial charge in [-0.3, -0.25) is 0 Å². The van der Waals surface area contributed by atoms with Gasteiger partial charge >= 0.3 is 12.1 Å². The normalized spacial score (nSPS) is 11.5. The summed E-state index contributed by atoms with van der Waals surface area (Å²) in [5.41, 5.74) is -1.03. The van der Waals surface area contributed by atoms with E-state index in [0.717, 1.165) is 12.1 Å². The molecule has 2 aromatic rings. The number of halogens is 4. The highest BCUT2D eigenvalue weighted by molar-refractivity contribution is 6.29. The van der Waals surface area contributed by atoms with Crippen molar-refractivity contribution in [1.29, 1.82) is 0 Å². The molecule has 0 aliphatic heterocycles. The highest BCUT2D eigenvalue weighted by Gasteiger charge is 2.31. The van der Waals surface area contributed by atoms with E-state index in [2.05, 4.69) is 10.2 Å². The summed E-state index contributed by atoms with van der Waals surface area (Å²) >= 11 is 5.70. The smallest absolute Gasteiger partial charge is 0.416 e. The first-order valence-electron chi connectivity index (χ1n) is 6.76. The number of nitrogens with zero attached hydrogens (tertiary/aromatic N) is 2. The van der Waals surface area contributed by atoms with Crippen molar-refractivity contribution in [3.05, 3.63) is 46.6 Å². The molecule has 0 fully saturated rings. The average Bonchev–Trinajstić information content (AvgIpc) is 2.48. The van der Waals surface area contributed by atoms with Gasteiger partial charge in [-0.2, -0.15) is 13.2 Å². The van der Waals surface area contributed by atoms with Crippen LogP contribution in [0.15, 0.2) is 30.3 Å². The summed E-state index contributed by atoms with van der Waals surface area (Å²) < 4.78 is 48.5. The topological polar surface area (TPSA) is 61.3 Å². The Hall–Kier alpha value is -2.35. The molecule has 2 rings (SSSR count). The Labute approximate surface area is 140 Å². The summed E-state index contributed by atoms with van der Waals surface area (Å²) in [6.45, 7) is 3.28. The quantitative estimate of drug-likeness (QED) is 0.751. The molecule has 0 radical (unpaired) electrons. The minimum Gasteiger partial charge on any atom is -0.459 e. The van der Waals surface area contributed by atoms with Gasteiger partial charge in [0.15, 0.2) is 5.15 Å². The summed E-state index contributed by atoms with van der Waals surface area (Å²) in [6.07, 6.45) is -4.93. The third-order valence-corrected chi connectivity index (χ3v) is 2.85. The second-order valence-corrected chi connectivity index (χ2v) is 5.35. The van der Waals surface area contributed by atoms with Crippen molar-refractivity contribution < 1.29 is 27.4 Å². The fourth-order valence-electron chi connectivity index (χ4n) is 1.70. The molecule has 0 aliphatic rings. The van der Waals surface area contributed by atoms with E-state index in [0.29, 0.717) is 0 Å². The zero-order chi connectivity index (χ0) is 17.9. The van der Waals surface area contributed by atoms with Crippen LogP contribution in [0.2, 0.25) is 5.15 Å². The monoisotopic (exact) mass is 360 g/mol. The lowest BCUT2D eigenvalue weighted by atomic mass is 10.2. The number of hydrogen-bond donors (Lipinski definition) is 0. The van der Waals surface area contributed by atoms with Crippen molar-refractivity contribution in [3.63, 3.8) is 0 Å². The van der Waals surface area contributed by atoms with Crippen LogP contribution in [0.1, 0.15) is 29.8 Å². The first-order chi connectivity index (χ1) is 11.2. The molecule has 24 heavy (non-hydrogen) atoms. The van der Waals surface area contributed by atoms with Crippen molar-refractivity contribution in [1.82, 2.24) is 10.2 Å². The molecule has 128 valence electrons. The lowest BCUT2D eigenvalue weighted by molar-refractivity contribution is -0.137. The molecular formula is C15H12ClF3N2O3. The Kier molecular flexibility index (Phi) is 5.28. The molecule has 0 aliphatic carbocycles. The van der Waals surface area contributed by atoms with Gasteiger partial charge in [0.2, 0.25) is 0 Å². The van der Waals surface area contributed by atoms with Crippen LogP contribution >= 0.6 is 11.6 Å². The Morgan fingerprint density at radius 3 is 2.54 bits per heavy atom. The molecule has 1 aromatic carbocycles. The number of carbonyl (C=O) groups excluding carboxylic acids is 1. The maximum atomic E-state index is 12.7. The Bertz CT molecular complexity index is 751. The van der Waals surface area contributed by atoms with Crippen LogP contribution in [0.25, 0.3) is 0 Å². The van der Waals surface area contributed by atoms with Gasteiger partial charge in [-0.1, -0.05) is 17.7 Å². The van der Waals surface area contributed by atoms with Gasteiger partial charge < -0.3 is 9.47 Å². The SMILES string of the molecule is CC(C)OC(=O)c1cc(Cl)nnc1Oc1cccc(C(F)(F)F)c1. The van der Waals surface area contributed by atoms with Gasteiger partial charge in [-0.25, -0.2) is 4.79 Å². The fraction of sp³-hybridized carbons (Fsp3) is 0.267. The van der Waals surface area contributed by atoms with Crippen molar-refractivity contribution in [2.24, 2.45) is 0 Å². The minimum atomic E-state index is -4.52. The summed E-state index contributed by atoms with van der Waals surface area (Å²) in [4.78, 5) is 12.0. The number of benzene rings is 1. The number of hydrogen-bond acceptors (Lipinski definition) is 5. The first-order valence-corrected chi connectivity index (χ1v) is 7.14. The molecule has 0 spiro atoms. The molecule has 1 aromatic heterocycles. The number of rotatable bonds is 4. The molecule has 0 atom stereocenters. The van der Waals surface area contributed by atoms with Gasteiger partial charge in [0.25, 0.3) is 5.88 Å². The lowest BCUT2D eigenvalue weighted by Crippen LogP contribution is -2.13. The summed E-state index contributed by atoms with van der Waals surface area (Å²) in [6, 6.07) is 5.32. The van der Waals surface area contributed by atoms with Crippen LogP contribution in [-0.4, -0.2) is 22.3 Å². The average molecular weight is 361 g/mol. The van der Waals surface area contributed by atoms with Crippen molar-refractivity contribution in [2.75, 3.05) is 0 Å². The minimum absolute atomic E-state index is 0.0814. The zero-order valence-corrected chi connectivity index (χ0v) is 13.4. The maximum absolute atomic E-state index is 12.7. The summed E-state index contributed by atoms with van der Waals surface area (Å²) in [7, 11) is 0. The van der Waals surface area contributed by atoms with Crippen LogP contribution in [0.4, 0.5) is 13.2 Å². The Morgan fingerprint density at radius 2 is 1.92 bits per heavy atom. The number of ether oxygens (including phenoxy) is 2. The predicted molar refractivity (Wildman–Crippen MR) is 79.1 cm³/mol. The summed E-state index contributed by atoms with van der Waals surface area (Å²) in [5, 5.41) is 7.06. The van der Waals surface area contributed by atoms with E-state index in [4.69, 9.17) is 21.1 Å². The molecule has 9 heteroatoms. The molecule has 0 bridgehead atoms. The van der Waals surface area contributed by atoms with Crippen molar-refractivity contribution in [2.45, 2.75) is 26.1 Å². The summed E-state index contributed by atoms with van der Waals surface area (Å²) in [5.74, 6) is -1.23. The van der Waals surface area contributed by atoms with Crippen molar-refractivity contribution in [3.8, 4) is 11.6 Å². The van der Waals surface area contributed by atoms with Gasteiger partial charge in [0.1, 0.15) is 11.3 Å². The molecule has 0 saturated heterocycles. The highest BCUT2D eigenvalue weighted by Crippen LogP contribution is 2.33. The third kappa shape index (κ3) is 4.58. The van der Waals surface area contributed by atoms with E-state index in [1.54, 1.807) is 13.8 Å². The van der Waals surface area contributed by atoms with Gasteiger partial charge in [0.05, 0.1) is 11.7 Å². The number of aromatic nitrogens is 2. The number of carbonyl (C=O) groups is 1. The van der Waals surface area contributed by atoms with E-state index in [1.165, 1.54) is 18.2 Å². The molecule has 0 N–H and O–H groups in total. The zero-order valence-electron chi connectivity index (χ0n) is 12.6. The second-order valence-electron chi connectivity index (χ2n) is 4.97. The van der Waals surface area contributed by atoms with E-state index in [9.17, 15) is 18.0 Å². The molecule has 0 unspecified atom stereocenters. The van der Waals surface area contributed by atoms with Crippen LogP contribution in [0.5, 0.6) is 11.6 Å². The number of alkyl halides is 3. The number of esters is 1. The largest absolute Gasteiger partial charge is 0.459 e. The van der Waals surface area contributed by atoms with Crippen molar-refractivity contribution >= 4 is 17.6 Å². The third-order valence-electron chi connectivity index (χ3n) is 2.67. The standard InChI is InChI=1S/C15H12ClF3N2O3/c1-8(2)23-14(22)11-7-12(16)20-21-13(11)24-10-5-3-4-9(6-10)15(17,18)19/h3-8H,1-2H3. The van der Waals surface area contributed by atoms with E-state index in [1.807, 2.05) is 0 Å².